The van der Waals surface area contributed by atoms with Gasteiger partial charge in [-0.1, -0.05) is 0 Å². The predicted molar refractivity (Wildman–Crippen MR) is 9.58 cm³/mol. The van der Waals surface area contributed by atoms with E-state index in [1.807, 2.05) is 0 Å². The van der Waals surface area contributed by atoms with Crippen molar-refractivity contribution in [3.8, 4) is 0 Å². The average molecular weight is 230 g/mol. The summed E-state index contributed by atoms with van der Waals surface area (Å²) in [7, 11) is 0. The van der Waals surface area contributed by atoms with Gasteiger partial charge in [-0.3, -0.25) is 0 Å². The maximum Gasteiger partial charge on any atom is 1.00 e. The standard InChI is InChI=1S/BrHO3.3Na.S/c2-1(3)4;;;;/h2H;;;;/q;3*+1;-2. The zero-order chi connectivity index (χ0) is 3.58. The summed E-state index contributed by atoms with van der Waals surface area (Å²) in [5, 5.41) is 0. The Morgan fingerprint density at radius 3 is 1.00 bits per heavy atom. The molecule has 0 unspecified atom stereocenters. The normalized spacial score (nSPS) is 4.50. The van der Waals surface area contributed by atoms with Gasteiger partial charge in [0.1, 0.15) is 0 Å². The van der Waals surface area contributed by atoms with Crippen LogP contribution < -0.4 is 97.1 Å². The largest absolute Gasteiger partial charge is 2.00 e. The van der Waals surface area contributed by atoms with Crippen LogP contribution in [-0.2, 0) is 13.5 Å². The Morgan fingerprint density at radius 2 is 1.00 bits per heavy atom. The van der Waals surface area contributed by atoms with E-state index in [-0.39, 0.29) is 102 Å². The third-order valence-electron chi connectivity index (χ3n) is 0. The maximum absolute atomic E-state index is 8.63. The minimum atomic E-state index is -3.40. The first-order valence-corrected chi connectivity index (χ1v) is 2.48. The van der Waals surface area contributed by atoms with Crippen molar-refractivity contribution in [1.29, 1.82) is 0 Å². The number of hydrogen-bond donors (Lipinski definition) is 1. The topological polar surface area (TPSA) is 66.3 Å². The molecular formula is HBrNa3O3S+. The molecule has 0 amide bonds. The SMILES string of the molecule is [Na+].[Na+].[Na+].[O-][Br+2]([O-])O.[S-2]. The van der Waals surface area contributed by atoms with Crippen LogP contribution in [0.2, 0.25) is 0 Å². The zero-order valence-corrected chi connectivity index (χ0v) is 13.5. The Hall–Kier alpha value is 3.71. The molecule has 0 saturated heterocycles. The van der Waals surface area contributed by atoms with Crippen molar-refractivity contribution in [2.24, 2.45) is 0 Å². The van der Waals surface area contributed by atoms with Gasteiger partial charge in [-0.15, -0.1) is 0 Å². The van der Waals surface area contributed by atoms with Crippen molar-refractivity contribution in [3.05, 3.63) is 0 Å². The fourth-order valence-electron chi connectivity index (χ4n) is 0. The van der Waals surface area contributed by atoms with Crippen LogP contribution in [0.3, 0.4) is 0 Å². The van der Waals surface area contributed by atoms with Crippen molar-refractivity contribution in [1.82, 2.24) is 0 Å². The fourth-order valence-corrected chi connectivity index (χ4v) is 0. The van der Waals surface area contributed by atoms with Crippen LogP contribution in [0.4, 0.5) is 0 Å². The summed E-state index contributed by atoms with van der Waals surface area (Å²) in [5.74, 6) is 0. The van der Waals surface area contributed by atoms with Crippen LogP contribution in [-0.4, -0.2) is 4.20 Å². The molecule has 0 saturated carbocycles. The molecule has 0 bridgehead atoms. The maximum atomic E-state index is 8.63. The van der Waals surface area contributed by atoms with Crippen molar-refractivity contribution in [2.45, 2.75) is 0 Å². The number of rotatable bonds is 0. The van der Waals surface area contributed by atoms with Crippen molar-refractivity contribution < 1.29 is 116 Å². The van der Waals surface area contributed by atoms with E-state index in [0.717, 1.165) is 0 Å². The first-order valence-electron chi connectivity index (χ1n) is 0.478. The molecule has 0 aliphatic rings. The second kappa shape index (κ2) is 22.4. The Morgan fingerprint density at radius 1 is 1.00 bits per heavy atom. The third kappa shape index (κ3) is 53.5. The molecule has 8 heteroatoms. The van der Waals surface area contributed by atoms with E-state index in [0.29, 0.717) is 0 Å². The predicted octanol–water partition coefficient (Wildman–Crippen LogP) is -11.9. The van der Waals surface area contributed by atoms with Gasteiger partial charge in [0.25, 0.3) is 0 Å². The molecule has 0 rings (SSSR count). The quantitative estimate of drug-likeness (QED) is 0.420. The van der Waals surface area contributed by atoms with E-state index >= 15 is 0 Å². The first kappa shape index (κ1) is 29.8. The minimum Gasteiger partial charge on any atom is -2.00 e. The van der Waals surface area contributed by atoms with E-state index in [9.17, 15) is 0 Å². The molecule has 0 aliphatic heterocycles. The van der Waals surface area contributed by atoms with Gasteiger partial charge >= 0.3 is 103 Å². The van der Waals surface area contributed by atoms with E-state index in [2.05, 4.69) is 0 Å². The fraction of sp³-hybridized carbons (Fsp3) is 0. The molecule has 0 heterocycles. The molecule has 0 aromatic heterocycles. The van der Waals surface area contributed by atoms with Crippen LogP contribution in [0, 0.1) is 14.8 Å². The van der Waals surface area contributed by atoms with Gasteiger partial charge in [-0.2, -0.15) is 0 Å². The van der Waals surface area contributed by atoms with E-state index in [1.165, 1.54) is 0 Å². The molecule has 3 nitrogen and oxygen atoms in total. The smallest absolute Gasteiger partial charge is 1.00 e. The summed E-state index contributed by atoms with van der Waals surface area (Å²) in [6.07, 6.45) is 0. The Balaban J connectivity index is -0.00000000750. The molecule has 8 heavy (non-hydrogen) atoms. The summed E-state index contributed by atoms with van der Waals surface area (Å²) in [6, 6.07) is 0. The Bertz CT molecular complexity index is 19.2. The van der Waals surface area contributed by atoms with Gasteiger partial charge in [0.15, 0.2) is 0 Å². The van der Waals surface area contributed by atoms with Gasteiger partial charge in [0.05, 0.1) is 0 Å². The van der Waals surface area contributed by atoms with Crippen LogP contribution >= 0.6 is 0 Å². The molecular weight excluding hydrogens is 229 g/mol. The zero-order valence-electron chi connectivity index (χ0n) is 5.05. The molecule has 0 aromatic carbocycles. The van der Waals surface area contributed by atoms with Crippen LogP contribution in [0.15, 0.2) is 0 Å². The minimum absolute atomic E-state index is 0. The molecule has 0 aromatic rings. The van der Waals surface area contributed by atoms with Gasteiger partial charge in [-0.25, -0.2) is 0 Å². The molecule has 0 atom stereocenters. The van der Waals surface area contributed by atoms with Crippen molar-refractivity contribution >= 4 is 13.5 Å². The second-order valence-corrected chi connectivity index (χ2v) is 1.04. The number of hydrogen-bond acceptors (Lipinski definition) is 3. The number of halogens is 1. The van der Waals surface area contributed by atoms with Crippen molar-refractivity contribution in [2.75, 3.05) is 0 Å². The molecule has 0 radical (unpaired) electrons. The van der Waals surface area contributed by atoms with Crippen molar-refractivity contribution in [3.63, 3.8) is 0 Å². The molecule has 0 aliphatic carbocycles. The second-order valence-electron chi connectivity index (χ2n) is 0.201. The molecule has 0 fully saturated rings. The summed E-state index contributed by atoms with van der Waals surface area (Å²) in [5.41, 5.74) is 0. The third-order valence-corrected chi connectivity index (χ3v) is 0. The summed E-state index contributed by atoms with van der Waals surface area (Å²) < 4.78 is 24.3. The van der Waals surface area contributed by atoms with E-state index in [1.54, 1.807) is 0 Å². The molecule has 0 spiro atoms. The Labute approximate surface area is 127 Å². The van der Waals surface area contributed by atoms with Gasteiger partial charge in [-0.05, 0) is 4.20 Å². The summed E-state index contributed by atoms with van der Waals surface area (Å²) in [4.78, 5) is 0. The Kier molecular flexibility index (Phi) is 83.6. The van der Waals surface area contributed by atoms with Gasteiger partial charge in [0, 0.05) is 0 Å². The summed E-state index contributed by atoms with van der Waals surface area (Å²) in [6.45, 7) is 0. The van der Waals surface area contributed by atoms with Crippen LogP contribution in [0.5, 0.6) is 0 Å². The average Bonchev–Trinajstić information content (AvgIpc) is 0.811. The van der Waals surface area contributed by atoms with Crippen LogP contribution in [0.1, 0.15) is 0 Å². The van der Waals surface area contributed by atoms with E-state index in [4.69, 9.17) is 12.6 Å². The molecule has 1 N–H and O–H groups in total. The first-order chi connectivity index (χ1) is 1.73. The monoisotopic (exact) mass is 229 g/mol. The summed E-state index contributed by atoms with van der Waals surface area (Å²) >= 11 is -3.40. The van der Waals surface area contributed by atoms with Crippen LogP contribution in [0.25, 0.3) is 0 Å². The van der Waals surface area contributed by atoms with E-state index < -0.39 is 14.8 Å². The van der Waals surface area contributed by atoms with Gasteiger partial charge < -0.3 is 21.9 Å². The van der Waals surface area contributed by atoms with Gasteiger partial charge in [0.2, 0.25) is 0 Å². The molecule has 34 valence electrons.